The van der Waals surface area contributed by atoms with Crippen molar-refractivity contribution in [2.75, 3.05) is 38.5 Å². The summed E-state index contributed by atoms with van der Waals surface area (Å²) in [5.74, 6) is 0.497. The molecule has 0 bridgehead atoms. The number of hydrogen-bond donors (Lipinski definition) is 2. The lowest BCUT2D eigenvalue weighted by Crippen LogP contribution is -2.48. The lowest BCUT2D eigenvalue weighted by molar-refractivity contribution is -0.120. The highest BCUT2D eigenvalue weighted by Gasteiger charge is 2.34. The zero-order chi connectivity index (χ0) is 25.7. The molecule has 2 amide bonds. The molecule has 194 valence electrons. The molecule has 0 aromatic heterocycles. The van der Waals surface area contributed by atoms with E-state index in [0.29, 0.717) is 30.1 Å². The van der Waals surface area contributed by atoms with Crippen LogP contribution in [-0.4, -0.2) is 67.0 Å². The summed E-state index contributed by atoms with van der Waals surface area (Å²) in [5, 5.41) is 6.41. The van der Waals surface area contributed by atoms with Crippen LogP contribution in [0.2, 0.25) is 0 Å². The fraction of sp³-hybridized carbons (Fsp3) is 0.517. The molecular weight excluding hydrogens is 452 g/mol. The van der Waals surface area contributed by atoms with Gasteiger partial charge in [0.1, 0.15) is 6.10 Å². The van der Waals surface area contributed by atoms with Gasteiger partial charge in [-0.15, -0.1) is 0 Å². The normalized spacial score (nSPS) is 21.1. The Bertz CT molecular complexity index is 1040. The molecule has 2 aliphatic rings. The van der Waals surface area contributed by atoms with Crippen LogP contribution in [-0.2, 0) is 11.3 Å². The number of nitrogens with zero attached hydrogens (tertiary/aromatic N) is 2. The van der Waals surface area contributed by atoms with Crippen LogP contribution in [0.25, 0.3) is 0 Å². The fourth-order valence-corrected chi connectivity index (χ4v) is 5.11. The Hall–Kier alpha value is -2.90. The Labute approximate surface area is 215 Å². The van der Waals surface area contributed by atoms with Crippen molar-refractivity contribution in [3.8, 4) is 5.75 Å². The molecule has 2 atom stereocenters. The summed E-state index contributed by atoms with van der Waals surface area (Å²) in [6.07, 6.45) is 1.47. The van der Waals surface area contributed by atoms with Gasteiger partial charge in [-0.3, -0.25) is 14.5 Å². The number of carbonyl (C=O) groups excluding carboxylic acids is 2. The smallest absolute Gasteiger partial charge is 0.257 e. The number of fused-ring (bicyclic) bond motifs is 1. The van der Waals surface area contributed by atoms with Crippen molar-refractivity contribution in [2.45, 2.75) is 52.3 Å². The van der Waals surface area contributed by atoms with Gasteiger partial charge in [-0.05, 0) is 64.5 Å². The summed E-state index contributed by atoms with van der Waals surface area (Å²) in [4.78, 5) is 30.9. The molecule has 4 rings (SSSR count). The van der Waals surface area contributed by atoms with Gasteiger partial charge in [-0.25, -0.2) is 0 Å². The lowest BCUT2D eigenvalue weighted by Gasteiger charge is -2.38. The van der Waals surface area contributed by atoms with Gasteiger partial charge in [0.2, 0.25) is 5.91 Å². The van der Waals surface area contributed by atoms with Crippen LogP contribution in [0.1, 0.15) is 49.5 Å². The van der Waals surface area contributed by atoms with Gasteiger partial charge in [0.15, 0.2) is 5.75 Å². The summed E-state index contributed by atoms with van der Waals surface area (Å²) in [6.45, 7) is 10.1. The number of ether oxygens (including phenoxy) is 1. The Morgan fingerprint density at radius 1 is 1.14 bits per heavy atom. The molecule has 2 aliphatic heterocycles. The number of carbonyl (C=O) groups is 2. The van der Waals surface area contributed by atoms with Crippen LogP contribution < -0.4 is 15.4 Å². The van der Waals surface area contributed by atoms with Crippen molar-refractivity contribution in [1.82, 2.24) is 15.1 Å². The summed E-state index contributed by atoms with van der Waals surface area (Å²) in [5.41, 5.74) is 2.33. The zero-order valence-electron chi connectivity index (χ0n) is 22.0. The molecule has 2 unspecified atom stereocenters. The van der Waals surface area contributed by atoms with Crippen molar-refractivity contribution < 1.29 is 14.3 Å². The molecule has 36 heavy (non-hydrogen) atoms. The maximum atomic E-state index is 13.6. The second-order valence-corrected chi connectivity index (χ2v) is 10.6. The predicted molar refractivity (Wildman–Crippen MR) is 143 cm³/mol. The molecular formula is C29H40N4O3. The van der Waals surface area contributed by atoms with Crippen molar-refractivity contribution in [3.63, 3.8) is 0 Å². The van der Waals surface area contributed by atoms with E-state index in [9.17, 15) is 9.59 Å². The lowest BCUT2D eigenvalue weighted by atomic mass is 9.96. The van der Waals surface area contributed by atoms with E-state index in [1.807, 2.05) is 43.0 Å². The SMILES string of the molecule is CC1CN(C(C)C)C(=O)c2cccc(NC(=O)C3CCNCC3)c2OC1CN(C)Cc1ccccc1. The molecule has 0 radical (unpaired) electrons. The number of nitrogens with one attached hydrogen (secondary N) is 2. The second kappa shape index (κ2) is 11.9. The quantitative estimate of drug-likeness (QED) is 0.611. The number of amides is 2. The first-order valence-electron chi connectivity index (χ1n) is 13.2. The van der Waals surface area contributed by atoms with Gasteiger partial charge < -0.3 is 20.3 Å². The Morgan fingerprint density at radius 3 is 2.56 bits per heavy atom. The van der Waals surface area contributed by atoms with Crippen LogP contribution >= 0.6 is 0 Å². The van der Waals surface area contributed by atoms with Gasteiger partial charge in [0.25, 0.3) is 5.91 Å². The topological polar surface area (TPSA) is 73.9 Å². The molecule has 7 heteroatoms. The largest absolute Gasteiger partial charge is 0.486 e. The molecule has 2 aromatic carbocycles. The Balaban J connectivity index is 1.62. The number of para-hydroxylation sites is 1. The molecule has 7 nitrogen and oxygen atoms in total. The van der Waals surface area contributed by atoms with E-state index in [0.717, 1.165) is 32.5 Å². The number of benzene rings is 2. The standard InChI is InChI=1S/C29H40N4O3/c1-20(2)33-17-21(3)26(19-32(4)18-22-9-6-5-7-10-22)36-27-24(29(33)35)11-8-12-25(27)31-28(34)23-13-15-30-16-14-23/h5-12,20-21,23,26,30H,13-19H2,1-4H3,(H,31,34). The van der Waals surface area contributed by atoms with E-state index >= 15 is 0 Å². The van der Waals surface area contributed by atoms with Crippen LogP contribution in [0, 0.1) is 11.8 Å². The van der Waals surface area contributed by atoms with Gasteiger partial charge in [-0.2, -0.15) is 0 Å². The molecule has 2 heterocycles. The van der Waals surface area contributed by atoms with Gasteiger partial charge in [0, 0.05) is 37.5 Å². The van der Waals surface area contributed by atoms with E-state index < -0.39 is 0 Å². The van der Waals surface area contributed by atoms with E-state index in [4.69, 9.17) is 4.74 Å². The third-order valence-corrected chi connectivity index (χ3v) is 7.27. The Morgan fingerprint density at radius 2 is 1.86 bits per heavy atom. The summed E-state index contributed by atoms with van der Waals surface area (Å²) >= 11 is 0. The molecule has 0 spiro atoms. The number of piperidine rings is 1. The molecule has 0 aliphatic carbocycles. The van der Waals surface area contributed by atoms with Gasteiger partial charge in [-0.1, -0.05) is 43.3 Å². The van der Waals surface area contributed by atoms with Crippen molar-refractivity contribution in [3.05, 3.63) is 59.7 Å². The monoisotopic (exact) mass is 492 g/mol. The molecule has 2 N–H and O–H groups in total. The number of hydrogen-bond acceptors (Lipinski definition) is 5. The summed E-state index contributed by atoms with van der Waals surface area (Å²) in [7, 11) is 2.10. The highest BCUT2D eigenvalue weighted by molar-refractivity contribution is 6.02. The minimum atomic E-state index is -0.149. The second-order valence-electron chi connectivity index (χ2n) is 10.6. The predicted octanol–water partition coefficient (Wildman–Crippen LogP) is 4.00. The van der Waals surface area contributed by atoms with Crippen molar-refractivity contribution >= 4 is 17.5 Å². The van der Waals surface area contributed by atoms with Crippen molar-refractivity contribution in [2.24, 2.45) is 11.8 Å². The highest BCUT2D eigenvalue weighted by atomic mass is 16.5. The number of anilines is 1. The average molecular weight is 493 g/mol. The third-order valence-electron chi connectivity index (χ3n) is 7.27. The zero-order valence-corrected chi connectivity index (χ0v) is 22.0. The minimum Gasteiger partial charge on any atom is -0.486 e. The summed E-state index contributed by atoms with van der Waals surface area (Å²) < 4.78 is 6.66. The van der Waals surface area contributed by atoms with Gasteiger partial charge >= 0.3 is 0 Å². The number of rotatable bonds is 7. The van der Waals surface area contributed by atoms with E-state index in [1.54, 1.807) is 0 Å². The van der Waals surface area contributed by atoms with Crippen LogP contribution in [0.4, 0.5) is 5.69 Å². The molecule has 1 saturated heterocycles. The first kappa shape index (κ1) is 26.2. The van der Waals surface area contributed by atoms with Crippen LogP contribution in [0.5, 0.6) is 5.75 Å². The number of likely N-dealkylation sites (N-methyl/N-ethyl adjacent to an activating group) is 1. The first-order chi connectivity index (χ1) is 17.3. The maximum Gasteiger partial charge on any atom is 0.257 e. The highest BCUT2D eigenvalue weighted by Crippen LogP contribution is 2.35. The van der Waals surface area contributed by atoms with E-state index in [-0.39, 0.29) is 35.8 Å². The van der Waals surface area contributed by atoms with Gasteiger partial charge in [0.05, 0.1) is 11.3 Å². The molecule has 2 aromatic rings. The minimum absolute atomic E-state index is 0.00508. The summed E-state index contributed by atoms with van der Waals surface area (Å²) in [6, 6.07) is 15.9. The van der Waals surface area contributed by atoms with E-state index in [1.165, 1.54) is 5.56 Å². The average Bonchev–Trinajstić information content (AvgIpc) is 2.87. The Kier molecular flexibility index (Phi) is 8.64. The molecule has 0 saturated carbocycles. The van der Waals surface area contributed by atoms with Crippen LogP contribution in [0.3, 0.4) is 0 Å². The third kappa shape index (κ3) is 6.26. The van der Waals surface area contributed by atoms with Crippen LogP contribution in [0.15, 0.2) is 48.5 Å². The fourth-order valence-electron chi connectivity index (χ4n) is 5.11. The van der Waals surface area contributed by atoms with E-state index in [2.05, 4.69) is 53.8 Å². The van der Waals surface area contributed by atoms with Crippen molar-refractivity contribution in [1.29, 1.82) is 0 Å². The maximum absolute atomic E-state index is 13.6. The molecule has 1 fully saturated rings. The first-order valence-corrected chi connectivity index (χ1v) is 13.2.